The molecule has 6 nitrogen and oxygen atoms in total. The van der Waals surface area contributed by atoms with Gasteiger partial charge >= 0.3 is 0 Å². The fourth-order valence-corrected chi connectivity index (χ4v) is 3.20. The fraction of sp³-hybridized carbons (Fsp3) is 0.238. The molecule has 0 atom stereocenters. The second-order valence-corrected chi connectivity index (χ2v) is 6.65. The zero-order valence-electron chi connectivity index (χ0n) is 15.6. The van der Waals surface area contributed by atoms with Gasteiger partial charge in [-0.25, -0.2) is 0 Å². The standard InChI is InChI=1S/C21H21N3O3/c1-13-6-4-5-7-17(13)11-24-15(3)20(14(2)23-24)22-21(25)16-8-9-18-19(10-16)27-12-26-18/h4-10H,11-12H2,1-3H3,(H,22,25). The van der Waals surface area contributed by atoms with Crippen LogP contribution in [0.4, 0.5) is 5.69 Å². The van der Waals surface area contributed by atoms with Gasteiger partial charge in [0.1, 0.15) is 0 Å². The maximum absolute atomic E-state index is 12.7. The Kier molecular flexibility index (Phi) is 4.32. The number of carbonyl (C=O) groups excluding carboxylic acids is 1. The molecule has 0 spiro atoms. The van der Waals surface area contributed by atoms with Gasteiger partial charge in [0.15, 0.2) is 11.5 Å². The summed E-state index contributed by atoms with van der Waals surface area (Å²) in [5.41, 5.74) is 5.39. The zero-order valence-corrected chi connectivity index (χ0v) is 15.6. The number of hydrogen-bond donors (Lipinski definition) is 1. The number of nitrogens with one attached hydrogen (secondary N) is 1. The van der Waals surface area contributed by atoms with Crippen molar-refractivity contribution < 1.29 is 14.3 Å². The van der Waals surface area contributed by atoms with Gasteiger partial charge in [-0.3, -0.25) is 9.48 Å². The highest BCUT2D eigenvalue weighted by atomic mass is 16.7. The molecule has 1 aromatic heterocycles. The van der Waals surface area contributed by atoms with E-state index >= 15 is 0 Å². The average Bonchev–Trinajstić information content (AvgIpc) is 3.23. The highest BCUT2D eigenvalue weighted by Crippen LogP contribution is 2.33. The molecule has 3 aromatic rings. The minimum atomic E-state index is -0.199. The highest BCUT2D eigenvalue weighted by Gasteiger charge is 2.19. The molecular formula is C21H21N3O3. The van der Waals surface area contributed by atoms with Crippen LogP contribution in [0.15, 0.2) is 42.5 Å². The normalized spacial score (nSPS) is 12.3. The van der Waals surface area contributed by atoms with Crippen LogP contribution < -0.4 is 14.8 Å². The summed E-state index contributed by atoms with van der Waals surface area (Å²) in [4.78, 5) is 12.7. The number of anilines is 1. The van der Waals surface area contributed by atoms with Crippen LogP contribution in [0.2, 0.25) is 0 Å². The molecule has 1 N–H and O–H groups in total. The number of carbonyl (C=O) groups is 1. The van der Waals surface area contributed by atoms with Crippen LogP contribution >= 0.6 is 0 Å². The van der Waals surface area contributed by atoms with Crippen molar-refractivity contribution in [2.75, 3.05) is 12.1 Å². The van der Waals surface area contributed by atoms with Crippen molar-refractivity contribution in [3.63, 3.8) is 0 Å². The molecular weight excluding hydrogens is 342 g/mol. The van der Waals surface area contributed by atoms with E-state index in [2.05, 4.69) is 29.5 Å². The molecule has 0 bridgehead atoms. The number of amides is 1. The predicted molar refractivity (Wildman–Crippen MR) is 103 cm³/mol. The molecule has 1 amide bonds. The third-order valence-corrected chi connectivity index (χ3v) is 4.84. The van der Waals surface area contributed by atoms with Crippen LogP contribution in [0.5, 0.6) is 11.5 Å². The van der Waals surface area contributed by atoms with Crippen molar-refractivity contribution in [2.24, 2.45) is 0 Å². The number of aromatic nitrogens is 2. The quantitative estimate of drug-likeness (QED) is 0.765. The van der Waals surface area contributed by atoms with Gasteiger partial charge in [-0.05, 0) is 50.1 Å². The zero-order chi connectivity index (χ0) is 19.0. The van der Waals surface area contributed by atoms with Gasteiger partial charge in [0.05, 0.1) is 23.6 Å². The van der Waals surface area contributed by atoms with E-state index in [-0.39, 0.29) is 12.7 Å². The number of benzene rings is 2. The number of hydrogen-bond acceptors (Lipinski definition) is 4. The molecule has 2 heterocycles. The molecule has 6 heteroatoms. The maximum Gasteiger partial charge on any atom is 0.255 e. The molecule has 1 aliphatic heterocycles. The maximum atomic E-state index is 12.7. The lowest BCUT2D eigenvalue weighted by Crippen LogP contribution is -2.13. The minimum Gasteiger partial charge on any atom is -0.454 e. The lowest BCUT2D eigenvalue weighted by Gasteiger charge is -2.09. The van der Waals surface area contributed by atoms with Gasteiger partial charge in [0.25, 0.3) is 5.91 Å². The van der Waals surface area contributed by atoms with E-state index in [4.69, 9.17) is 9.47 Å². The first-order valence-corrected chi connectivity index (χ1v) is 8.82. The molecule has 0 saturated heterocycles. The van der Waals surface area contributed by atoms with Gasteiger partial charge in [0, 0.05) is 5.56 Å². The Balaban J connectivity index is 1.56. The summed E-state index contributed by atoms with van der Waals surface area (Å²) >= 11 is 0. The SMILES string of the molecule is Cc1ccccc1Cn1nc(C)c(NC(=O)c2ccc3c(c2)OCO3)c1C. The smallest absolute Gasteiger partial charge is 0.255 e. The highest BCUT2D eigenvalue weighted by molar-refractivity contribution is 6.05. The Morgan fingerprint density at radius 1 is 1.11 bits per heavy atom. The van der Waals surface area contributed by atoms with Crippen molar-refractivity contribution in [1.29, 1.82) is 0 Å². The fourth-order valence-electron chi connectivity index (χ4n) is 3.20. The van der Waals surface area contributed by atoms with E-state index < -0.39 is 0 Å². The second-order valence-electron chi connectivity index (χ2n) is 6.65. The van der Waals surface area contributed by atoms with Crippen LogP contribution in [0.3, 0.4) is 0 Å². The molecule has 138 valence electrons. The predicted octanol–water partition coefficient (Wildman–Crippen LogP) is 3.84. The van der Waals surface area contributed by atoms with Crippen molar-refractivity contribution in [3.8, 4) is 11.5 Å². The number of aryl methyl sites for hydroxylation is 2. The lowest BCUT2D eigenvalue weighted by atomic mass is 10.1. The van der Waals surface area contributed by atoms with E-state index in [1.807, 2.05) is 30.7 Å². The van der Waals surface area contributed by atoms with Crippen LogP contribution in [-0.2, 0) is 6.54 Å². The number of nitrogens with zero attached hydrogens (tertiary/aromatic N) is 2. The van der Waals surface area contributed by atoms with E-state index in [0.717, 1.165) is 17.1 Å². The van der Waals surface area contributed by atoms with Crippen LogP contribution in [0, 0.1) is 20.8 Å². The Labute approximate surface area is 157 Å². The molecule has 27 heavy (non-hydrogen) atoms. The van der Waals surface area contributed by atoms with E-state index in [1.54, 1.807) is 18.2 Å². The van der Waals surface area contributed by atoms with Crippen molar-refractivity contribution in [1.82, 2.24) is 9.78 Å². The molecule has 0 saturated carbocycles. The third-order valence-electron chi connectivity index (χ3n) is 4.84. The van der Waals surface area contributed by atoms with E-state index in [0.29, 0.717) is 23.6 Å². The summed E-state index contributed by atoms with van der Waals surface area (Å²) < 4.78 is 12.6. The average molecular weight is 363 g/mol. The first-order chi connectivity index (χ1) is 13.0. The van der Waals surface area contributed by atoms with Crippen LogP contribution in [0.25, 0.3) is 0 Å². The lowest BCUT2D eigenvalue weighted by molar-refractivity contribution is 0.102. The molecule has 0 aliphatic carbocycles. The van der Waals surface area contributed by atoms with Crippen molar-refractivity contribution in [3.05, 3.63) is 70.5 Å². The third kappa shape index (κ3) is 3.26. The molecule has 2 aromatic carbocycles. The van der Waals surface area contributed by atoms with Crippen LogP contribution in [-0.4, -0.2) is 22.5 Å². The summed E-state index contributed by atoms with van der Waals surface area (Å²) in [5, 5.41) is 7.60. The minimum absolute atomic E-state index is 0.185. The number of ether oxygens (including phenoxy) is 2. The Hall–Kier alpha value is -3.28. The van der Waals surface area contributed by atoms with Crippen LogP contribution in [0.1, 0.15) is 32.9 Å². The van der Waals surface area contributed by atoms with Gasteiger partial charge in [-0.2, -0.15) is 5.10 Å². The second kappa shape index (κ2) is 6.79. The monoisotopic (exact) mass is 363 g/mol. The summed E-state index contributed by atoms with van der Waals surface area (Å²) in [6.45, 7) is 6.80. The Morgan fingerprint density at radius 3 is 2.70 bits per heavy atom. The summed E-state index contributed by atoms with van der Waals surface area (Å²) in [7, 11) is 0. The summed E-state index contributed by atoms with van der Waals surface area (Å²) in [5.74, 6) is 1.05. The number of fused-ring (bicyclic) bond motifs is 1. The van der Waals surface area contributed by atoms with Gasteiger partial charge in [0.2, 0.25) is 6.79 Å². The van der Waals surface area contributed by atoms with Crippen molar-refractivity contribution >= 4 is 11.6 Å². The molecule has 4 rings (SSSR count). The topological polar surface area (TPSA) is 65.4 Å². The molecule has 0 unspecified atom stereocenters. The van der Waals surface area contributed by atoms with Gasteiger partial charge < -0.3 is 14.8 Å². The Bertz CT molecular complexity index is 1020. The number of rotatable bonds is 4. The van der Waals surface area contributed by atoms with Crippen molar-refractivity contribution in [2.45, 2.75) is 27.3 Å². The molecule has 1 aliphatic rings. The van der Waals surface area contributed by atoms with Gasteiger partial charge in [-0.1, -0.05) is 24.3 Å². The Morgan fingerprint density at radius 2 is 1.89 bits per heavy atom. The summed E-state index contributed by atoms with van der Waals surface area (Å²) in [6.07, 6.45) is 0. The van der Waals surface area contributed by atoms with E-state index in [1.165, 1.54) is 11.1 Å². The first-order valence-electron chi connectivity index (χ1n) is 8.82. The first kappa shape index (κ1) is 17.1. The van der Waals surface area contributed by atoms with E-state index in [9.17, 15) is 4.79 Å². The largest absolute Gasteiger partial charge is 0.454 e. The van der Waals surface area contributed by atoms with Gasteiger partial charge in [-0.15, -0.1) is 0 Å². The molecule has 0 fully saturated rings. The summed E-state index contributed by atoms with van der Waals surface area (Å²) in [6, 6.07) is 13.4. The molecule has 0 radical (unpaired) electrons.